The van der Waals surface area contributed by atoms with Gasteiger partial charge in [-0.1, -0.05) is 43.0 Å². The van der Waals surface area contributed by atoms with Crippen molar-refractivity contribution in [3.05, 3.63) is 10.6 Å². The maximum atomic E-state index is 4.25. The van der Waals surface area contributed by atoms with Gasteiger partial charge in [0.05, 0.1) is 5.69 Å². The molecule has 0 amide bonds. The standard InChI is InChI=1S/C12H20N2S/c1-2-4-6-8-10-12-11(13-14-15-12)9-7-5-3-1/h1-10H2. The average Bonchev–Trinajstić information content (AvgIpc) is 2.65. The maximum Gasteiger partial charge on any atom is 0.0787 e. The summed E-state index contributed by atoms with van der Waals surface area (Å²) in [5.74, 6) is 0. The fourth-order valence-corrected chi connectivity index (χ4v) is 2.97. The minimum atomic E-state index is 1.16. The van der Waals surface area contributed by atoms with Gasteiger partial charge in [0.1, 0.15) is 0 Å². The number of aryl methyl sites for hydroxylation is 2. The molecule has 0 bridgehead atoms. The third-order valence-electron chi connectivity index (χ3n) is 3.20. The van der Waals surface area contributed by atoms with E-state index in [1.54, 1.807) is 11.5 Å². The third-order valence-corrected chi connectivity index (χ3v) is 4.03. The third kappa shape index (κ3) is 3.56. The number of hydrogen-bond acceptors (Lipinski definition) is 3. The van der Waals surface area contributed by atoms with Crippen molar-refractivity contribution in [1.82, 2.24) is 9.59 Å². The fraction of sp³-hybridized carbons (Fsp3) is 0.833. The van der Waals surface area contributed by atoms with Gasteiger partial charge in [0.2, 0.25) is 0 Å². The summed E-state index contributed by atoms with van der Waals surface area (Å²) in [4.78, 5) is 1.45. The van der Waals surface area contributed by atoms with E-state index in [1.165, 1.54) is 68.4 Å². The minimum Gasteiger partial charge on any atom is -0.143 e. The predicted molar refractivity (Wildman–Crippen MR) is 64.3 cm³/mol. The van der Waals surface area contributed by atoms with Crippen molar-refractivity contribution in [1.29, 1.82) is 0 Å². The van der Waals surface area contributed by atoms with Crippen molar-refractivity contribution in [3.63, 3.8) is 0 Å². The lowest BCUT2D eigenvalue weighted by Gasteiger charge is -2.05. The second-order valence-electron chi connectivity index (χ2n) is 4.47. The van der Waals surface area contributed by atoms with Crippen LogP contribution in [0, 0.1) is 0 Å². The van der Waals surface area contributed by atoms with Crippen molar-refractivity contribution >= 4 is 11.5 Å². The minimum absolute atomic E-state index is 1.16. The van der Waals surface area contributed by atoms with Gasteiger partial charge in [0.15, 0.2) is 0 Å². The molecular weight excluding hydrogens is 204 g/mol. The van der Waals surface area contributed by atoms with Gasteiger partial charge in [-0.25, -0.2) is 0 Å². The summed E-state index contributed by atoms with van der Waals surface area (Å²) in [6, 6.07) is 0. The number of hydrogen-bond donors (Lipinski definition) is 0. The summed E-state index contributed by atoms with van der Waals surface area (Å²) in [5.41, 5.74) is 1.29. The first-order valence-corrected chi connectivity index (χ1v) is 7.04. The highest BCUT2D eigenvalue weighted by Gasteiger charge is 2.08. The summed E-state index contributed by atoms with van der Waals surface area (Å²) in [7, 11) is 0. The van der Waals surface area contributed by atoms with Crippen molar-refractivity contribution < 1.29 is 0 Å². The van der Waals surface area contributed by atoms with Crippen LogP contribution in [0.15, 0.2) is 0 Å². The smallest absolute Gasteiger partial charge is 0.0787 e. The predicted octanol–water partition coefficient (Wildman–Crippen LogP) is 3.76. The Morgan fingerprint density at radius 2 is 1.33 bits per heavy atom. The van der Waals surface area contributed by atoms with E-state index in [4.69, 9.17) is 0 Å². The number of fused-ring (bicyclic) bond motifs is 1. The van der Waals surface area contributed by atoms with E-state index in [1.807, 2.05) is 0 Å². The monoisotopic (exact) mass is 224 g/mol. The van der Waals surface area contributed by atoms with Crippen molar-refractivity contribution in [2.75, 3.05) is 0 Å². The van der Waals surface area contributed by atoms with E-state index >= 15 is 0 Å². The summed E-state index contributed by atoms with van der Waals surface area (Å²) < 4.78 is 4.09. The van der Waals surface area contributed by atoms with Crippen LogP contribution in [0.25, 0.3) is 0 Å². The number of nitrogens with zero attached hydrogens (tertiary/aromatic N) is 2. The molecular formula is C12H20N2S. The molecule has 0 fully saturated rings. The topological polar surface area (TPSA) is 25.8 Å². The quantitative estimate of drug-likeness (QED) is 0.670. The Morgan fingerprint density at radius 3 is 2.07 bits per heavy atom. The first-order chi connectivity index (χ1) is 7.47. The molecule has 0 saturated carbocycles. The van der Waals surface area contributed by atoms with Gasteiger partial charge < -0.3 is 0 Å². The van der Waals surface area contributed by atoms with E-state index in [0.717, 1.165) is 6.42 Å². The molecule has 2 nitrogen and oxygen atoms in total. The summed E-state index contributed by atoms with van der Waals surface area (Å²) in [6.07, 6.45) is 13.5. The first kappa shape index (κ1) is 11.1. The van der Waals surface area contributed by atoms with Crippen LogP contribution in [0.4, 0.5) is 0 Å². The number of aromatic nitrogens is 2. The van der Waals surface area contributed by atoms with Crippen LogP contribution in [0.2, 0.25) is 0 Å². The fourth-order valence-electron chi connectivity index (χ4n) is 2.25. The molecule has 3 heteroatoms. The molecule has 0 aliphatic heterocycles. The Labute approximate surface area is 96.3 Å². The lowest BCUT2D eigenvalue weighted by molar-refractivity contribution is 0.559. The van der Waals surface area contributed by atoms with Crippen LogP contribution in [0.1, 0.15) is 61.9 Å². The molecule has 1 aliphatic rings. The van der Waals surface area contributed by atoms with Gasteiger partial charge in [0, 0.05) is 4.88 Å². The largest absolute Gasteiger partial charge is 0.143 e. The molecule has 1 aromatic rings. The van der Waals surface area contributed by atoms with Crippen LogP contribution in [0.3, 0.4) is 0 Å². The molecule has 0 N–H and O–H groups in total. The van der Waals surface area contributed by atoms with Crippen molar-refractivity contribution in [2.24, 2.45) is 0 Å². The van der Waals surface area contributed by atoms with Crippen LogP contribution >= 0.6 is 11.5 Å². The van der Waals surface area contributed by atoms with Crippen molar-refractivity contribution in [2.45, 2.75) is 64.2 Å². The molecule has 0 saturated heterocycles. The molecule has 15 heavy (non-hydrogen) atoms. The zero-order valence-corrected chi connectivity index (χ0v) is 10.2. The first-order valence-electron chi connectivity index (χ1n) is 6.27. The summed E-state index contributed by atoms with van der Waals surface area (Å²) in [5, 5.41) is 4.25. The van der Waals surface area contributed by atoms with Gasteiger partial charge in [-0.05, 0) is 37.2 Å². The Bertz CT molecular complexity index is 256. The highest BCUT2D eigenvalue weighted by molar-refractivity contribution is 7.05. The molecule has 0 unspecified atom stereocenters. The molecule has 0 aromatic carbocycles. The highest BCUT2D eigenvalue weighted by Crippen LogP contribution is 2.19. The van der Waals surface area contributed by atoms with E-state index in [0.29, 0.717) is 0 Å². The molecule has 1 aliphatic carbocycles. The molecule has 1 heterocycles. The average molecular weight is 224 g/mol. The Hall–Kier alpha value is -0.440. The van der Waals surface area contributed by atoms with Crippen LogP contribution in [-0.2, 0) is 12.8 Å². The second kappa shape index (κ2) is 6.21. The Morgan fingerprint density at radius 1 is 0.733 bits per heavy atom. The normalized spacial score (nSPS) is 20.0. The van der Waals surface area contributed by atoms with E-state index < -0.39 is 0 Å². The molecule has 84 valence electrons. The molecule has 1 aromatic heterocycles. The molecule has 0 radical (unpaired) electrons. The van der Waals surface area contributed by atoms with Gasteiger partial charge in [-0.3, -0.25) is 0 Å². The van der Waals surface area contributed by atoms with E-state index in [2.05, 4.69) is 9.59 Å². The van der Waals surface area contributed by atoms with Gasteiger partial charge >= 0.3 is 0 Å². The zero-order chi connectivity index (χ0) is 10.3. The van der Waals surface area contributed by atoms with Crippen LogP contribution in [0.5, 0.6) is 0 Å². The molecule has 0 spiro atoms. The van der Waals surface area contributed by atoms with Gasteiger partial charge in [-0.15, -0.1) is 5.10 Å². The molecule has 0 atom stereocenters. The lowest BCUT2D eigenvalue weighted by Crippen LogP contribution is -1.94. The highest BCUT2D eigenvalue weighted by atomic mass is 32.1. The van der Waals surface area contributed by atoms with E-state index in [9.17, 15) is 0 Å². The van der Waals surface area contributed by atoms with Crippen molar-refractivity contribution in [3.8, 4) is 0 Å². The summed E-state index contributed by atoms with van der Waals surface area (Å²) >= 11 is 1.61. The van der Waals surface area contributed by atoms with Crippen LogP contribution in [-0.4, -0.2) is 9.59 Å². The van der Waals surface area contributed by atoms with Crippen LogP contribution < -0.4 is 0 Å². The summed E-state index contributed by atoms with van der Waals surface area (Å²) in [6.45, 7) is 0. The number of rotatable bonds is 0. The second-order valence-corrected chi connectivity index (χ2v) is 5.31. The van der Waals surface area contributed by atoms with Gasteiger partial charge in [-0.2, -0.15) is 0 Å². The Kier molecular flexibility index (Phi) is 4.58. The zero-order valence-electron chi connectivity index (χ0n) is 9.37. The lowest BCUT2D eigenvalue weighted by atomic mass is 10.0. The maximum absolute atomic E-state index is 4.25. The van der Waals surface area contributed by atoms with E-state index in [-0.39, 0.29) is 0 Å². The Balaban J connectivity index is 1.92. The van der Waals surface area contributed by atoms with Gasteiger partial charge in [0.25, 0.3) is 0 Å². The molecule has 2 rings (SSSR count). The SMILES string of the molecule is C1CCCCCc2snnc2CCCC1.